The van der Waals surface area contributed by atoms with E-state index in [-0.39, 0.29) is 5.75 Å². The molecule has 0 amide bonds. The second-order valence-electron chi connectivity index (χ2n) is 5.88. The first-order valence-electron chi connectivity index (χ1n) is 7.73. The molecule has 0 saturated carbocycles. The molecule has 0 aliphatic heterocycles. The molecule has 1 aromatic heterocycles. The number of phenolic OH excluding ortho intramolecular Hbond substituents is 1. The van der Waals surface area contributed by atoms with Gasteiger partial charge in [-0.2, -0.15) is 0 Å². The number of hydrogen-bond acceptors (Lipinski definition) is 5. The fraction of sp³-hybridized carbons (Fsp3) is 0.158. The van der Waals surface area contributed by atoms with E-state index in [0.29, 0.717) is 5.95 Å². The van der Waals surface area contributed by atoms with Crippen molar-refractivity contribution < 1.29 is 5.11 Å². The predicted molar refractivity (Wildman–Crippen MR) is 96.2 cm³/mol. The molecule has 2 N–H and O–H groups in total. The summed E-state index contributed by atoms with van der Waals surface area (Å²) in [5.74, 6) is 0.698. The molecule has 0 aliphatic carbocycles. The highest BCUT2D eigenvalue weighted by molar-refractivity contribution is 5.63. The van der Waals surface area contributed by atoms with E-state index in [4.69, 9.17) is 0 Å². The maximum Gasteiger partial charge on any atom is 0.227 e. The first-order chi connectivity index (χ1) is 11.6. The number of hydrogen-bond donors (Lipinski definition) is 2. The lowest BCUT2D eigenvalue weighted by molar-refractivity contribution is 0.402. The summed E-state index contributed by atoms with van der Waals surface area (Å²) in [7, 11) is 4.10. The van der Waals surface area contributed by atoms with Crippen LogP contribution in [0.1, 0.15) is 5.56 Å². The Kier molecular flexibility index (Phi) is 4.72. The van der Waals surface area contributed by atoms with Crippen molar-refractivity contribution >= 4 is 11.6 Å². The van der Waals surface area contributed by atoms with Gasteiger partial charge in [0.15, 0.2) is 0 Å². The maximum atomic E-state index is 9.54. The second kappa shape index (κ2) is 7.10. The molecule has 0 saturated heterocycles. The van der Waals surface area contributed by atoms with E-state index in [9.17, 15) is 5.11 Å². The van der Waals surface area contributed by atoms with Crippen molar-refractivity contribution in [2.45, 2.75) is 6.54 Å². The van der Waals surface area contributed by atoms with Crippen molar-refractivity contribution in [3.05, 3.63) is 66.4 Å². The van der Waals surface area contributed by atoms with Crippen LogP contribution in [-0.4, -0.2) is 34.1 Å². The number of benzene rings is 2. The Labute approximate surface area is 141 Å². The largest absolute Gasteiger partial charge is 0.508 e. The Hall–Kier alpha value is -2.92. The van der Waals surface area contributed by atoms with Gasteiger partial charge in [-0.15, -0.1) is 0 Å². The summed E-state index contributed by atoms with van der Waals surface area (Å²) in [6.07, 6.45) is 1.73. The first-order valence-corrected chi connectivity index (χ1v) is 7.73. The van der Waals surface area contributed by atoms with Gasteiger partial charge in [-0.25, -0.2) is 9.97 Å². The number of nitrogens with zero attached hydrogens (tertiary/aromatic N) is 3. The molecule has 3 rings (SSSR count). The van der Waals surface area contributed by atoms with Gasteiger partial charge >= 0.3 is 0 Å². The van der Waals surface area contributed by atoms with E-state index in [1.165, 1.54) is 5.56 Å². The Morgan fingerprint density at radius 3 is 2.67 bits per heavy atom. The molecule has 3 aromatic rings. The summed E-state index contributed by atoms with van der Waals surface area (Å²) >= 11 is 0. The molecule has 0 unspecified atom stereocenters. The Bertz CT molecular complexity index is 833. The lowest BCUT2D eigenvalue weighted by atomic mass is 10.1. The summed E-state index contributed by atoms with van der Waals surface area (Å²) in [5.41, 5.74) is 3.89. The minimum atomic E-state index is 0.201. The summed E-state index contributed by atoms with van der Waals surface area (Å²) in [5, 5.41) is 12.7. The van der Waals surface area contributed by atoms with Crippen LogP contribution in [0.4, 0.5) is 11.6 Å². The highest BCUT2D eigenvalue weighted by Crippen LogP contribution is 2.22. The molecule has 2 aromatic carbocycles. The van der Waals surface area contributed by atoms with Gasteiger partial charge in [-0.1, -0.05) is 24.3 Å². The van der Waals surface area contributed by atoms with Crippen LogP contribution < -0.4 is 5.32 Å². The molecule has 5 heteroatoms. The third kappa shape index (κ3) is 4.08. The molecule has 0 atom stereocenters. The zero-order chi connectivity index (χ0) is 16.9. The van der Waals surface area contributed by atoms with Crippen LogP contribution in [0.25, 0.3) is 11.3 Å². The summed E-state index contributed by atoms with van der Waals surface area (Å²) in [4.78, 5) is 11.0. The lowest BCUT2D eigenvalue weighted by Crippen LogP contribution is -2.10. The van der Waals surface area contributed by atoms with E-state index in [0.717, 1.165) is 23.5 Å². The first kappa shape index (κ1) is 16.0. The Morgan fingerprint density at radius 2 is 1.88 bits per heavy atom. The van der Waals surface area contributed by atoms with Gasteiger partial charge in [0.2, 0.25) is 5.95 Å². The molecule has 24 heavy (non-hydrogen) atoms. The van der Waals surface area contributed by atoms with Gasteiger partial charge in [0.1, 0.15) is 5.75 Å². The number of phenols is 1. The standard InChI is InChI=1S/C19H20N4O/c1-23(2)13-14-5-3-6-15(11-14)18-9-10-20-19(22-18)21-16-7-4-8-17(24)12-16/h3-12,24H,13H2,1-2H3,(H,20,21,22). The third-order valence-corrected chi connectivity index (χ3v) is 3.48. The minimum absolute atomic E-state index is 0.201. The molecule has 0 aliphatic rings. The van der Waals surface area contributed by atoms with E-state index in [1.54, 1.807) is 24.4 Å². The number of aromatic hydroxyl groups is 1. The highest BCUT2D eigenvalue weighted by Gasteiger charge is 2.05. The number of rotatable bonds is 5. The van der Waals surface area contributed by atoms with Crippen LogP contribution in [0.5, 0.6) is 5.75 Å². The molecule has 1 heterocycles. The second-order valence-corrected chi connectivity index (χ2v) is 5.88. The van der Waals surface area contributed by atoms with E-state index in [2.05, 4.69) is 46.4 Å². The SMILES string of the molecule is CN(C)Cc1cccc(-c2ccnc(Nc3cccc(O)c3)n2)c1. The smallest absolute Gasteiger partial charge is 0.227 e. The van der Waals surface area contributed by atoms with E-state index in [1.807, 2.05) is 24.3 Å². The average molecular weight is 320 g/mol. The fourth-order valence-electron chi connectivity index (χ4n) is 2.49. The maximum absolute atomic E-state index is 9.54. The molecule has 122 valence electrons. The molecule has 0 bridgehead atoms. The summed E-state index contributed by atoms with van der Waals surface area (Å²) in [6, 6.07) is 17.1. The van der Waals surface area contributed by atoms with Crippen molar-refractivity contribution in [1.82, 2.24) is 14.9 Å². The highest BCUT2D eigenvalue weighted by atomic mass is 16.3. The summed E-state index contributed by atoms with van der Waals surface area (Å²) in [6.45, 7) is 0.882. The molecule has 0 fully saturated rings. The topological polar surface area (TPSA) is 61.3 Å². The van der Waals surface area contributed by atoms with Gasteiger partial charge in [0.05, 0.1) is 5.69 Å². The Balaban J connectivity index is 1.85. The quantitative estimate of drug-likeness (QED) is 0.751. The van der Waals surface area contributed by atoms with Crippen LogP contribution >= 0.6 is 0 Å². The van der Waals surface area contributed by atoms with E-state index >= 15 is 0 Å². The van der Waals surface area contributed by atoms with Crippen molar-refractivity contribution in [2.75, 3.05) is 19.4 Å². The molecule has 5 nitrogen and oxygen atoms in total. The van der Waals surface area contributed by atoms with Crippen molar-refractivity contribution in [1.29, 1.82) is 0 Å². The number of aromatic nitrogens is 2. The minimum Gasteiger partial charge on any atom is -0.508 e. The van der Waals surface area contributed by atoms with Gasteiger partial charge in [-0.3, -0.25) is 0 Å². The number of nitrogens with one attached hydrogen (secondary N) is 1. The van der Waals surface area contributed by atoms with Gasteiger partial charge < -0.3 is 15.3 Å². The fourth-order valence-corrected chi connectivity index (χ4v) is 2.49. The normalized spacial score (nSPS) is 10.8. The van der Waals surface area contributed by atoms with E-state index < -0.39 is 0 Å². The predicted octanol–water partition coefficient (Wildman–Crippen LogP) is 3.65. The molecule has 0 radical (unpaired) electrons. The molecular weight excluding hydrogens is 300 g/mol. The van der Waals surface area contributed by atoms with Crippen LogP contribution in [0.3, 0.4) is 0 Å². The van der Waals surface area contributed by atoms with Gasteiger partial charge in [0.25, 0.3) is 0 Å². The lowest BCUT2D eigenvalue weighted by Gasteiger charge is -2.11. The van der Waals surface area contributed by atoms with Crippen LogP contribution in [0.2, 0.25) is 0 Å². The van der Waals surface area contributed by atoms with Crippen LogP contribution in [0, 0.1) is 0 Å². The average Bonchev–Trinajstić information content (AvgIpc) is 2.55. The van der Waals surface area contributed by atoms with Gasteiger partial charge in [-0.05, 0) is 43.9 Å². The van der Waals surface area contributed by atoms with Crippen LogP contribution in [-0.2, 0) is 6.54 Å². The molecular formula is C19H20N4O. The molecule has 0 spiro atoms. The third-order valence-electron chi connectivity index (χ3n) is 3.48. The Morgan fingerprint density at radius 1 is 1.04 bits per heavy atom. The van der Waals surface area contributed by atoms with Gasteiger partial charge in [0, 0.05) is 30.1 Å². The van der Waals surface area contributed by atoms with Crippen molar-refractivity contribution in [3.63, 3.8) is 0 Å². The number of anilines is 2. The monoisotopic (exact) mass is 320 g/mol. The van der Waals surface area contributed by atoms with Crippen molar-refractivity contribution in [3.8, 4) is 17.0 Å². The van der Waals surface area contributed by atoms with Crippen LogP contribution in [0.15, 0.2) is 60.8 Å². The zero-order valence-corrected chi connectivity index (χ0v) is 13.8. The summed E-state index contributed by atoms with van der Waals surface area (Å²) < 4.78 is 0. The zero-order valence-electron chi connectivity index (χ0n) is 13.8. The van der Waals surface area contributed by atoms with Crippen molar-refractivity contribution in [2.24, 2.45) is 0 Å².